The van der Waals surface area contributed by atoms with Crippen LogP contribution in [0.4, 0.5) is 0 Å². The highest BCUT2D eigenvalue weighted by Crippen LogP contribution is 2.58. The van der Waals surface area contributed by atoms with Crippen LogP contribution >= 0.6 is 0 Å². The van der Waals surface area contributed by atoms with Gasteiger partial charge in [0.15, 0.2) is 0 Å². The molecular weight excluding hydrogens is 366 g/mol. The van der Waals surface area contributed by atoms with Gasteiger partial charge in [-0.1, -0.05) is 6.07 Å². The van der Waals surface area contributed by atoms with Crippen molar-refractivity contribution in [2.45, 2.75) is 88.1 Å². The summed E-state index contributed by atoms with van der Waals surface area (Å²) in [6, 6.07) is 6.37. The first-order valence-corrected chi connectivity index (χ1v) is 12.7. The molecule has 0 unspecified atom stereocenters. The van der Waals surface area contributed by atoms with Crippen molar-refractivity contribution in [1.29, 1.82) is 0 Å². The minimum atomic E-state index is 0.236. The largest absolute Gasteiger partial charge is 0.284 e. The first-order valence-electron chi connectivity index (χ1n) is 12.7. The third-order valence-electron chi connectivity index (χ3n) is 9.75. The first kappa shape index (κ1) is 18.1. The average molecular weight is 402 g/mol. The molecule has 3 heteroatoms. The van der Waals surface area contributed by atoms with E-state index in [2.05, 4.69) is 30.6 Å². The number of aromatic nitrogens is 1. The molecule has 0 atom stereocenters. The fourth-order valence-electron chi connectivity index (χ4n) is 9.46. The van der Waals surface area contributed by atoms with E-state index in [0.29, 0.717) is 0 Å². The summed E-state index contributed by atoms with van der Waals surface area (Å²) in [5.74, 6) is 5.67. The predicted octanol–water partition coefficient (Wildman–Crippen LogP) is 5.86. The fraction of sp³-hybridized carbons (Fsp3) is 0.741. The predicted molar refractivity (Wildman–Crippen MR) is 121 cm³/mol. The normalized spacial score (nSPS) is 48.4. The molecule has 0 amide bonds. The Morgan fingerprint density at radius 2 is 0.933 bits per heavy atom. The molecule has 8 aliphatic carbocycles. The number of hydrogen-bond donors (Lipinski definition) is 0. The average Bonchev–Trinajstić information content (AvgIpc) is 2.69. The Morgan fingerprint density at radius 3 is 1.27 bits per heavy atom. The van der Waals surface area contributed by atoms with Gasteiger partial charge in [0, 0.05) is 12.4 Å². The van der Waals surface area contributed by atoms with Crippen LogP contribution in [0.15, 0.2) is 28.2 Å². The van der Waals surface area contributed by atoms with Crippen LogP contribution in [0.2, 0.25) is 0 Å². The summed E-state index contributed by atoms with van der Waals surface area (Å²) >= 11 is 0. The molecule has 0 aliphatic heterocycles. The minimum Gasteiger partial charge on any atom is -0.284 e. The van der Waals surface area contributed by atoms with E-state index in [-0.39, 0.29) is 11.1 Å². The molecule has 158 valence electrons. The van der Waals surface area contributed by atoms with Crippen molar-refractivity contribution >= 4 is 12.4 Å². The van der Waals surface area contributed by atoms with Gasteiger partial charge in [0.2, 0.25) is 0 Å². The van der Waals surface area contributed by atoms with Gasteiger partial charge >= 0.3 is 0 Å². The van der Waals surface area contributed by atoms with E-state index in [1.54, 1.807) is 0 Å². The van der Waals surface area contributed by atoms with Crippen LogP contribution in [0, 0.1) is 35.5 Å². The maximum atomic E-state index is 5.21. The van der Waals surface area contributed by atoms with Crippen LogP contribution in [-0.4, -0.2) is 28.5 Å². The van der Waals surface area contributed by atoms with E-state index in [0.717, 1.165) is 46.9 Å². The highest BCUT2D eigenvalue weighted by Gasteiger charge is 2.51. The Labute approximate surface area is 180 Å². The zero-order chi connectivity index (χ0) is 19.8. The lowest BCUT2D eigenvalue weighted by Gasteiger charge is -2.54. The molecule has 30 heavy (non-hydrogen) atoms. The molecule has 8 fully saturated rings. The Morgan fingerprint density at radius 1 is 0.600 bits per heavy atom. The number of nitrogens with zero attached hydrogens (tertiary/aromatic N) is 3. The monoisotopic (exact) mass is 401 g/mol. The fourth-order valence-corrected chi connectivity index (χ4v) is 9.46. The van der Waals surface area contributed by atoms with Crippen molar-refractivity contribution in [3.05, 3.63) is 29.6 Å². The quantitative estimate of drug-likeness (QED) is 0.583. The van der Waals surface area contributed by atoms with Crippen molar-refractivity contribution in [3.63, 3.8) is 0 Å². The van der Waals surface area contributed by atoms with Gasteiger partial charge in [0.25, 0.3) is 0 Å². The van der Waals surface area contributed by atoms with Crippen molar-refractivity contribution in [2.24, 2.45) is 45.5 Å². The van der Waals surface area contributed by atoms with Gasteiger partial charge in [0.1, 0.15) is 0 Å². The minimum absolute atomic E-state index is 0.236. The molecular formula is C27H35N3. The molecule has 0 spiro atoms. The van der Waals surface area contributed by atoms with Crippen LogP contribution < -0.4 is 0 Å². The zero-order valence-corrected chi connectivity index (χ0v) is 18.2. The molecule has 3 nitrogen and oxygen atoms in total. The first-order chi connectivity index (χ1) is 14.6. The number of pyridine rings is 1. The molecule has 1 aromatic rings. The van der Waals surface area contributed by atoms with Crippen LogP contribution in [-0.2, 0) is 0 Å². The van der Waals surface area contributed by atoms with Crippen LogP contribution in [0.5, 0.6) is 0 Å². The molecule has 0 radical (unpaired) electrons. The summed E-state index contributed by atoms with van der Waals surface area (Å²) in [4.78, 5) is 15.3. The summed E-state index contributed by atoms with van der Waals surface area (Å²) < 4.78 is 0. The van der Waals surface area contributed by atoms with E-state index in [1.165, 1.54) is 77.0 Å². The molecule has 1 heterocycles. The summed E-state index contributed by atoms with van der Waals surface area (Å²) in [6.07, 6.45) is 21.0. The highest BCUT2D eigenvalue weighted by atomic mass is 14.9. The van der Waals surface area contributed by atoms with Crippen molar-refractivity contribution in [2.75, 3.05) is 0 Å². The van der Waals surface area contributed by atoms with E-state index in [9.17, 15) is 0 Å². The van der Waals surface area contributed by atoms with Gasteiger partial charge < -0.3 is 0 Å². The molecule has 9 rings (SSSR count). The molecule has 1 aromatic heterocycles. The van der Waals surface area contributed by atoms with Crippen LogP contribution in [0.3, 0.4) is 0 Å². The summed E-state index contributed by atoms with van der Waals surface area (Å²) in [6.45, 7) is 0. The lowest BCUT2D eigenvalue weighted by molar-refractivity contribution is 0.00178. The van der Waals surface area contributed by atoms with Gasteiger partial charge in [-0.15, -0.1) is 0 Å². The number of aliphatic imine (C=N–C) groups is 2. The summed E-state index contributed by atoms with van der Waals surface area (Å²) in [5, 5.41) is 0. The standard InChI is InChI=1S/C27H35N3/c1-2-24(16-28-26-10-18-4-19(11-26)6-20(5-18)12-26)30-25(3-1)17-29-27-13-21-7-22(14-27)9-23(8-21)15-27/h1-3,16-23H,4-15H2. The van der Waals surface area contributed by atoms with Crippen molar-refractivity contribution < 1.29 is 0 Å². The summed E-state index contributed by atoms with van der Waals surface area (Å²) in [5.41, 5.74) is 2.50. The van der Waals surface area contributed by atoms with E-state index in [4.69, 9.17) is 15.0 Å². The van der Waals surface area contributed by atoms with Crippen LogP contribution in [0.25, 0.3) is 0 Å². The Hall–Kier alpha value is -1.51. The molecule has 8 aliphatic rings. The topological polar surface area (TPSA) is 37.6 Å². The van der Waals surface area contributed by atoms with E-state index in [1.807, 2.05) is 0 Å². The van der Waals surface area contributed by atoms with Gasteiger partial charge in [-0.3, -0.25) is 9.98 Å². The second kappa shape index (κ2) is 6.50. The van der Waals surface area contributed by atoms with Gasteiger partial charge in [-0.25, -0.2) is 4.98 Å². The van der Waals surface area contributed by atoms with E-state index >= 15 is 0 Å². The molecule has 0 N–H and O–H groups in total. The third kappa shape index (κ3) is 3.10. The van der Waals surface area contributed by atoms with Crippen molar-refractivity contribution in [3.8, 4) is 0 Å². The Bertz CT molecular complexity index is 757. The maximum absolute atomic E-state index is 5.21. The van der Waals surface area contributed by atoms with Gasteiger partial charge in [-0.2, -0.15) is 0 Å². The number of rotatable bonds is 4. The molecule has 8 bridgehead atoms. The lowest BCUT2D eigenvalue weighted by Crippen LogP contribution is -2.49. The lowest BCUT2D eigenvalue weighted by atomic mass is 9.53. The van der Waals surface area contributed by atoms with Crippen LogP contribution in [0.1, 0.15) is 88.4 Å². The van der Waals surface area contributed by atoms with Gasteiger partial charge in [0.05, 0.1) is 22.5 Å². The van der Waals surface area contributed by atoms with Crippen molar-refractivity contribution in [1.82, 2.24) is 4.98 Å². The maximum Gasteiger partial charge on any atom is 0.0816 e. The molecule has 8 saturated carbocycles. The smallest absolute Gasteiger partial charge is 0.0816 e. The third-order valence-corrected chi connectivity index (χ3v) is 9.75. The SMILES string of the molecule is C(=NC12CC3CC(CC(C3)C1)C2)c1cccc(C=NC23CC4CC(CC(C4)C2)C3)n1. The Balaban J connectivity index is 1.09. The van der Waals surface area contributed by atoms with E-state index < -0.39 is 0 Å². The molecule has 0 saturated heterocycles. The second-order valence-electron chi connectivity index (χ2n) is 12.3. The molecule has 0 aromatic carbocycles. The second-order valence-corrected chi connectivity index (χ2v) is 12.3. The zero-order valence-electron chi connectivity index (χ0n) is 18.2. The Kier molecular flexibility index (Phi) is 3.92. The summed E-state index contributed by atoms with van der Waals surface area (Å²) in [7, 11) is 0. The number of hydrogen-bond acceptors (Lipinski definition) is 3. The van der Waals surface area contributed by atoms with Gasteiger partial charge in [-0.05, 0) is 125 Å². The highest BCUT2D eigenvalue weighted by molar-refractivity contribution is 5.82.